The number of carbonyl (C=O) groups excluding carboxylic acids is 1. The molecule has 0 aliphatic rings. The molecule has 0 saturated heterocycles. The number of aliphatic hydroxyl groups is 1. The molecule has 1 aromatic rings. The fraction of sp³-hybridized carbons (Fsp3) is 0.545. The number of amides is 1. The third-order valence-corrected chi connectivity index (χ3v) is 3.21. The summed E-state index contributed by atoms with van der Waals surface area (Å²) in [5.74, 6) is -0.135. The maximum atomic E-state index is 11.7. The van der Waals surface area contributed by atoms with Crippen LogP contribution in [-0.2, 0) is 4.79 Å². The van der Waals surface area contributed by atoms with E-state index in [4.69, 9.17) is 5.73 Å². The number of hydrogen-bond acceptors (Lipinski definition) is 4. The first-order valence-corrected chi connectivity index (χ1v) is 6.10. The van der Waals surface area contributed by atoms with E-state index in [-0.39, 0.29) is 19.0 Å². The molecule has 1 rings (SSSR count). The van der Waals surface area contributed by atoms with Crippen LogP contribution in [0.15, 0.2) is 16.8 Å². The maximum Gasteiger partial charge on any atom is 0.227 e. The van der Waals surface area contributed by atoms with Crippen molar-refractivity contribution in [3.63, 3.8) is 0 Å². The first-order chi connectivity index (χ1) is 7.47. The smallest absolute Gasteiger partial charge is 0.227 e. The highest BCUT2D eigenvalue weighted by Gasteiger charge is 2.25. The minimum Gasteiger partial charge on any atom is -0.387 e. The fourth-order valence-electron chi connectivity index (χ4n) is 1.10. The minimum absolute atomic E-state index is 0.135. The van der Waals surface area contributed by atoms with E-state index in [1.807, 2.05) is 16.8 Å². The van der Waals surface area contributed by atoms with E-state index in [2.05, 4.69) is 5.32 Å². The van der Waals surface area contributed by atoms with Crippen LogP contribution in [0.25, 0.3) is 0 Å². The van der Waals surface area contributed by atoms with Crippen LogP contribution in [0.4, 0.5) is 0 Å². The second-order valence-electron chi connectivity index (χ2n) is 4.37. The van der Waals surface area contributed by atoms with E-state index in [9.17, 15) is 9.90 Å². The van der Waals surface area contributed by atoms with E-state index >= 15 is 0 Å². The summed E-state index contributed by atoms with van der Waals surface area (Å²) >= 11 is 1.52. The topological polar surface area (TPSA) is 75.4 Å². The third-order valence-electron chi connectivity index (χ3n) is 2.51. The molecule has 1 atom stereocenters. The zero-order valence-corrected chi connectivity index (χ0v) is 10.4. The molecular weight excluding hydrogens is 224 g/mol. The molecule has 4 N–H and O–H groups in total. The second-order valence-corrected chi connectivity index (χ2v) is 5.15. The highest BCUT2D eigenvalue weighted by atomic mass is 32.1. The van der Waals surface area contributed by atoms with Crippen LogP contribution in [0.2, 0.25) is 0 Å². The van der Waals surface area contributed by atoms with Crippen LogP contribution < -0.4 is 11.1 Å². The quantitative estimate of drug-likeness (QED) is 0.717. The Hall–Kier alpha value is -0.910. The molecule has 1 aromatic heterocycles. The van der Waals surface area contributed by atoms with Crippen LogP contribution in [-0.4, -0.2) is 24.1 Å². The first kappa shape index (κ1) is 13.2. The van der Waals surface area contributed by atoms with Gasteiger partial charge < -0.3 is 16.2 Å². The molecule has 0 fully saturated rings. The van der Waals surface area contributed by atoms with Gasteiger partial charge in [0.1, 0.15) is 0 Å². The van der Waals surface area contributed by atoms with Gasteiger partial charge in [-0.05, 0) is 36.2 Å². The Labute approximate surface area is 99.5 Å². The molecule has 4 nitrogen and oxygen atoms in total. The Bertz CT molecular complexity index is 336. The lowest BCUT2D eigenvalue weighted by molar-refractivity contribution is -0.129. The summed E-state index contributed by atoms with van der Waals surface area (Å²) in [6.07, 6.45) is -0.649. The second kappa shape index (κ2) is 5.43. The molecule has 90 valence electrons. The molecule has 1 unspecified atom stereocenters. The summed E-state index contributed by atoms with van der Waals surface area (Å²) in [6, 6.07) is 1.84. The van der Waals surface area contributed by atoms with Crippen LogP contribution in [0.1, 0.15) is 25.5 Å². The van der Waals surface area contributed by atoms with Crippen LogP contribution in [0.5, 0.6) is 0 Å². The van der Waals surface area contributed by atoms with E-state index in [1.165, 1.54) is 11.3 Å². The number of rotatable bonds is 5. The van der Waals surface area contributed by atoms with Gasteiger partial charge in [0.05, 0.1) is 11.5 Å². The summed E-state index contributed by atoms with van der Waals surface area (Å²) < 4.78 is 0. The highest BCUT2D eigenvalue weighted by Crippen LogP contribution is 2.16. The first-order valence-electron chi connectivity index (χ1n) is 5.16. The molecule has 5 heteroatoms. The number of thiophene rings is 1. The normalized spacial score (nSPS) is 13.5. The summed E-state index contributed by atoms with van der Waals surface area (Å²) in [6.45, 7) is 4.06. The van der Waals surface area contributed by atoms with Crippen LogP contribution in [0.3, 0.4) is 0 Å². The molecule has 16 heavy (non-hydrogen) atoms. The number of aliphatic hydroxyl groups excluding tert-OH is 1. The van der Waals surface area contributed by atoms with Gasteiger partial charge in [-0.1, -0.05) is 0 Å². The molecule has 1 amide bonds. The minimum atomic E-state index is -0.649. The van der Waals surface area contributed by atoms with Crippen molar-refractivity contribution >= 4 is 17.2 Å². The summed E-state index contributed by atoms with van der Waals surface area (Å²) in [5.41, 5.74) is 5.73. The average molecular weight is 242 g/mol. The van der Waals surface area contributed by atoms with Crippen molar-refractivity contribution in [2.24, 2.45) is 11.1 Å². The van der Waals surface area contributed by atoms with Gasteiger partial charge in [-0.3, -0.25) is 4.79 Å². The van der Waals surface area contributed by atoms with Crippen LogP contribution >= 0.6 is 11.3 Å². The molecule has 0 aromatic carbocycles. The molecule has 0 radical (unpaired) electrons. The van der Waals surface area contributed by atoms with Gasteiger partial charge in [-0.25, -0.2) is 0 Å². The number of nitrogens with one attached hydrogen (secondary N) is 1. The SMILES string of the molecule is CC(C)(CN)C(=O)NCC(O)c1ccsc1. The molecule has 0 saturated carbocycles. The molecule has 0 aliphatic carbocycles. The Morgan fingerprint density at radius 2 is 2.38 bits per heavy atom. The van der Waals surface area contributed by atoms with Crippen molar-refractivity contribution in [3.05, 3.63) is 22.4 Å². The molecular formula is C11H18N2O2S. The zero-order valence-electron chi connectivity index (χ0n) is 9.56. The predicted molar refractivity (Wildman–Crippen MR) is 65.1 cm³/mol. The molecule has 1 heterocycles. The van der Waals surface area contributed by atoms with E-state index in [0.29, 0.717) is 0 Å². The van der Waals surface area contributed by atoms with Gasteiger partial charge in [-0.15, -0.1) is 0 Å². The van der Waals surface area contributed by atoms with Crippen molar-refractivity contribution < 1.29 is 9.90 Å². The average Bonchev–Trinajstić information content (AvgIpc) is 2.78. The summed E-state index contributed by atoms with van der Waals surface area (Å²) in [4.78, 5) is 11.7. The number of hydrogen-bond donors (Lipinski definition) is 3. The lowest BCUT2D eigenvalue weighted by Crippen LogP contribution is -2.43. The predicted octanol–water partition coefficient (Wildman–Crippen LogP) is 0.883. The van der Waals surface area contributed by atoms with Gasteiger partial charge >= 0.3 is 0 Å². The Balaban J connectivity index is 2.44. The third kappa shape index (κ3) is 3.30. The number of nitrogens with two attached hydrogens (primary N) is 1. The standard InChI is InChI=1S/C11H18N2O2S/c1-11(2,7-12)10(15)13-5-9(14)8-3-4-16-6-8/h3-4,6,9,14H,5,7,12H2,1-2H3,(H,13,15). The van der Waals surface area contributed by atoms with E-state index in [1.54, 1.807) is 13.8 Å². The molecule has 0 aliphatic heterocycles. The van der Waals surface area contributed by atoms with E-state index < -0.39 is 11.5 Å². The van der Waals surface area contributed by atoms with Gasteiger partial charge in [0.25, 0.3) is 0 Å². The number of carbonyl (C=O) groups is 1. The zero-order chi connectivity index (χ0) is 12.2. The monoisotopic (exact) mass is 242 g/mol. The highest BCUT2D eigenvalue weighted by molar-refractivity contribution is 7.07. The van der Waals surface area contributed by atoms with Gasteiger partial charge in [-0.2, -0.15) is 11.3 Å². The van der Waals surface area contributed by atoms with Crippen molar-refractivity contribution in [1.82, 2.24) is 5.32 Å². The lowest BCUT2D eigenvalue weighted by atomic mass is 9.92. The van der Waals surface area contributed by atoms with Crippen LogP contribution in [0, 0.1) is 5.41 Å². The Morgan fingerprint density at radius 1 is 1.69 bits per heavy atom. The fourth-order valence-corrected chi connectivity index (χ4v) is 1.81. The molecule has 0 bridgehead atoms. The lowest BCUT2D eigenvalue weighted by Gasteiger charge is -2.22. The summed E-state index contributed by atoms with van der Waals surface area (Å²) in [5, 5.41) is 16.2. The van der Waals surface area contributed by atoms with Crippen molar-refractivity contribution in [3.8, 4) is 0 Å². The Kier molecular flexibility index (Phi) is 4.46. The van der Waals surface area contributed by atoms with Crippen molar-refractivity contribution in [2.75, 3.05) is 13.1 Å². The molecule has 0 spiro atoms. The van der Waals surface area contributed by atoms with Gasteiger partial charge in [0.15, 0.2) is 0 Å². The van der Waals surface area contributed by atoms with E-state index in [0.717, 1.165) is 5.56 Å². The van der Waals surface area contributed by atoms with Gasteiger partial charge in [0.2, 0.25) is 5.91 Å². The Morgan fingerprint density at radius 3 is 2.88 bits per heavy atom. The maximum absolute atomic E-state index is 11.7. The van der Waals surface area contributed by atoms with Gasteiger partial charge in [0, 0.05) is 13.1 Å². The summed E-state index contributed by atoms with van der Waals surface area (Å²) in [7, 11) is 0. The van der Waals surface area contributed by atoms with Crippen molar-refractivity contribution in [2.45, 2.75) is 20.0 Å². The largest absolute Gasteiger partial charge is 0.387 e. The van der Waals surface area contributed by atoms with Crippen molar-refractivity contribution in [1.29, 1.82) is 0 Å².